The summed E-state index contributed by atoms with van der Waals surface area (Å²) in [5.74, 6) is 0. The maximum Gasteiger partial charge on any atom is 0 e. The maximum atomic E-state index is 3.44. The number of hydrogen-bond donors (Lipinski definition) is 0. The molecule has 0 N–H and O–H groups in total. The van der Waals surface area contributed by atoms with Crippen LogP contribution in [-0.4, -0.2) is 0 Å². The Bertz CT molecular complexity index is 146. The van der Waals surface area contributed by atoms with Gasteiger partial charge in [0.2, 0.25) is 0 Å². The van der Waals surface area contributed by atoms with Crippen molar-refractivity contribution in [2.45, 2.75) is 27.7 Å². The van der Waals surface area contributed by atoms with E-state index in [-0.39, 0.29) is 21.1 Å². The van der Waals surface area contributed by atoms with E-state index in [9.17, 15) is 0 Å². The third-order valence-electron chi connectivity index (χ3n) is 0. The molecule has 0 bridgehead atoms. The van der Waals surface area contributed by atoms with Crippen LogP contribution in [0.3, 0.4) is 0 Å². The normalized spacial score (nSPS) is 5.88. The fraction of sp³-hybridized carbons (Fsp3) is 0.250. The van der Waals surface area contributed by atoms with Crippen LogP contribution in [-0.2, 0) is 21.1 Å². The number of allylic oxidation sites excluding steroid dienone is 4. The SMILES string of the molecule is C=C([CH2-])C.C=C([CH2-])C.C=C([CH2-])C.C=C([CH2-])C.[W]. The van der Waals surface area contributed by atoms with Crippen LogP contribution in [0.1, 0.15) is 27.7 Å². The summed E-state index contributed by atoms with van der Waals surface area (Å²) in [6, 6.07) is 0. The molecule has 0 rings (SSSR count). The van der Waals surface area contributed by atoms with E-state index in [1.807, 2.05) is 27.7 Å². The minimum Gasteiger partial charge on any atom is -0.242 e. The van der Waals surface area contributed by atoms with Gasteiger partial charge >= 0.3 is 0 Å². The molecule has 0 saturated carbocycles. The largest absolute Gasteiger partial charge is 0.242 e. The van der Waals surface area contributed by atoms with Crippen molar-refractivity contribution in [3.63, 3.8) is 0 Å². The molecule has 0 radical (unpaired) electrons. The molecule has 102 valence electrons. The number of rotatable bonds is 0. The van der Waals surface area contributed by atoms with Crippen molar-refractivity contribution in [3.05, 3.63) is 76.3 Å². The topological polar surface area (TPSA) is 0 Å². The van der Waals surface area contributed by atoms with Crippen LogP contribution in [0, 0.1) is 27.7 Å². The smallest absolute Gasteiger partial charge is 0 e. The molecule has 17 heavy (non-hydrogen) atoms. The molecule has 0 aromatic carbocycles. The average Bonchev–Trinajstić information content (AvgIpc) is 1.76. The minimum absolute atomic E-state index is 0. The summed E-state index contributed by atoms with van der Waals surface area (Å²) >= 11 is 0. The van der Waals surface area contributed by atoms with Gasteiger partial charge < -0.3 is 0 Å². The molecule has 0 atom stereocenters. The summed E-state index contributed by atoms with van der Waals surface area (Å²) in [6.07, 6.45) is 0. The summed E-state index contributed by atoms with van der Waals surface area (Å²) in [6.45, 7) is 35.0. The Balaban J connectivity index is -0.0000000369. The molecule has 0 aromatic rings. The minimum atomic E-state index is 0. The molecule has 1 heteroatoms. The van der Waals surface area contributed by atoms with E-state index in [2.05, 4.69) is 54.0 Å². The summed E-state index contributed by atoms with van der Waals surface area (Å²) in [5, 5.41) is 0. The van der Waals surface area contributed by atoms with Crippen LogP contribution in [0.5, 0.6) is 0 Å². The first-order valence-electron chi connectivity index (χ1n) is 4.83. The molecular weight excluding hydrogens is 376 g/mol. The Hall–Kier alpha value is -0.872. The van der Waals surface area contributed by atoms with Crippen molar-refractivity contribution in [1.29, 1.82) is 0 Å². The summed E-state index contributed by atoms with van der Waals surface area (Å²) in [5.41, 5.74) is 3.67. The van der Waals surface area contributed by atoms with E-state index in [4.69, 9.17) is 0 Å². The van der Waals surface area contributed by atoms with Gasteiger partial charge in [-0.05, 0) is 0 Å². The van der Waals surface area contributed by atoms with E-state index in [0.717, 1.165) is 22.3 Å². The molecule has 0 nitrogen and oxygen atoms in total. The first kappa shape index (κ1) is 29.8. The standard InChI is InChI=1S/4C4H7.W/c4*1-4(2)3;/h4*1-2H2,3H3;/q4*-1;. The van der Waals surface area contributed by atoms with Gasteiger partial charge in [-0.25, -0.2) is 76.3 Å². The van der Waals surface area contributed by atoms with Crippen LogP contribution in [0.15, 0.2) is 48.6 Å². The average molecular weight is 404 g/mol. The van der Waals surface area contributed by atoms with Crippen LogP contribution in [0.4, 0.5) is 0 Å². The van der Waals surface area contributed by atoms with Crippen molar-refractivity contribution in [2.24, 2.45) is 0 Å². The molecule has 0 heterocycles. The second-order valence-corrected chi connectivity index (χ2v) is 3.83. The van der Waals surface area contributed by atoms with Gasteiger partial charge in [-0.2, -0.15) is 0 Å². The monoisotopic (exact) mass is 404 g/mol. The van der Waals surface area contributed by atoms with Crippen LogP contribution in [0.25, 0.3) is 0 Å². The first-order valence-corrected chi connectivity index (χ1v) is 4.83. The third-order valence-corrected chi connectivity index (χ3v) is 0. The third kappa shape index (κ3) is 3430. The Morgan fingerprint density at radius 2 is 0.529 bits per heavy atom. The van der Waals surface area contributed by atoms with Crippen molar-refractivity contribution in [1.82, 2.24) is 0 Å². The fourth-order valence-electron chi connectivity index (χ4n) is 0. The van der Waals surface area contributed by atoms with Gasteiger partial charge in [0.1, 0.15) is 0 Å². The van der Waals surface area contributed by atoms with Gasteiger partial charge in [-0.15, -0.1) is 0 Å². The zero-order valence-electron chi connectivity index (χ0n) is 12.1. The van der Waals surface area contributed by atoms with Crippen molar-refractivity contribution >= 4 is 0 Å². The predicted octanol–water partition coefficient (Wildman–Crippen LogP) is 5.58. The molecule has 0 amide bonds. The molecule has 0 aliphatic carbocycles. The van der Waals surface area contributed by atoms with Crippen molar-refractivity contribution < 1.29 is 21.1 Å². The number of hydrogen-bond acceptors (Lipinski definition) is 0. The van der Waals surface area contributed by atoms with E-state index in [0.29, 0.717) is 0 Å². The maximum absolute atomic E-state index is 3.44. The van der Waals surface area contributed by atoms with Gasteiger partial charge in [-0.3, -0.25) is 0 Å². The van der Waals surface area contributed by atoms with Crippen LogP contribution >= 0.6 is 0 Å². The van der Waals surface area contributed by atoms with E-state index in [1.165, 1.54) is 0 Å². The second-order valence-electron chi connectivity index (χ2n) is 3.83. The van der Waals surface area contributed by atoms with Crippen molar-refractivity contribution in [3.8, 4) is 0 Å². The van der Waals surface area contributed by atoms with Gasteiger partial charge in [0.15, 0.2) is 0 Å². The zero-order chi connectivity index (χ0) is 14.3. The molecule has 0 aliphatic rings. The quantitative estimate of drug-likeness (QED) is 0.462. The molecule has 0 aliphatic heterocycles. The van der Waals surface area contributed by atoms with E-state index >= 15 is 0 Å². The fourth-order valence-corrected chi connectivity index (χ4v) is 0. The Morgan fingerprint density at radius 1 is 0.529 bits per heavy atom. The Morgan fingerprint density at radius 3 is 0.529 bits per heavy atom. The van der Waals surface area contributed by atoms with Crippen molar-refractivity contribution in [2.75, 3.05) is 0 Å². The summed E-state index contributed by atoms with van der Waals surface area (Å²) in [7, 11) is 0. The van der Waals surface area contributed by atoms with Crippen LogP contribution in [0.2, 0.25) is 0 Å². The second kappa shape index (κ2) is 24.4. The zero-order valence-corrected chi connectivity index (χ0v) is 15.0. The van der Waals surface area contributed by atoms with Gasteiger partial charge in [0.05, 0.1) is 0 Å². The summed E-state index contributed by atoms with van der Waals surface area (Å²) in [4.78, 5) is 0. The predicted molar refractivity (Wildman–Crippen MR) is 80.7 cm³/mol. The molecule has 0 fully saturated rings. The first-order chi connectivity index (χ1) is 6.93. The molecular formula is C16H28W-4. The molecule has 0 spiro atoms. The van der Waals surface area contributed by atoms with E-state index in [1.54, 1.807) is 0 Å². The molecule has 0 saturated heterocycles. The van der Waals surface area contributed by atoms with Gasteiger partial charge in [-0.1, -0.05) is 27.7 Å². The van der Waals surface area contributed by atoms with Crippen LogP contribution < -0.4 is 0 Å². The van der Waals surface area contributed by atoms with Gasteiger partial charge in [0.25, 0.3) is 0 Å². The summed E-state index contributed by atoms with van der Waals surface area (Å²) < 4.78 is 0. The Labute approximate surface area is 125 Å². The molecule has 0 unspecified atom stereocenters. The van der Waals surface area contributed by atoms with E-state index < -0.39 is 0 Å². The Kier molecular flexibility index (Phi) is 42.8. The van der Waals surface area contributed by atoms with Gasteiger partial charge in [0, 0.05) is 21.1 Å². The molecule has 0 aromatic heterocycles.